The summed E-state index contributed by atoms with van der Waals surface area (Å²) in [5.41, 5.74) is 6.48. The van der Waals surface area contributed by atoms with E-state index >= 15 is 0 Å². The monoisotopic (exact) mass is 285 g/mol. The van der Waals surface area contributed by atoms with Crippen molar-refractivity contribution in [3.63, 3.8) is 0 Å². The molecule has 1 aromatic heterocycles. The zero-order valence-electron chi connectivity index (χ0n) is 11.2. The third-order valence-electron chi connectivity index (χ3n) is 3.48. The molecule has 6 heteroatoms. The van der Waals surface area contributed by atoms with E-state index in [1.165, 1.54) is 0 Å². The quantitative estimate of drug-likeness (QED) is 0.859. The van der Waals surface area contributed by atoms with E-state index in [0.717, 1.165) is 6.42 Å². The molecule has 0 aromatic carbocycles. The molecule has 3 atom stereocenters. The molecule has 1 heterocycles. The first-order valence-corrected chi connectivity index (χ1v) is 6.98. The Morgan fingerprint density at radius 3 is 2.95 bits per heavy atom. The highest BCUT2D eigenvalue weighted by Gasteiger charge is 2.40. The van der Waals surface area contributed by atoms with Gasteiger partial charge < -0.3 is 20.4 Å². The molecular formula is C13H20ClN3O2. The molecule has 2 rings (SSSR count). The number of halogens is 1. The van der Waals surface area contributed by atoms with Gasteiger partial charge in [-0.3, -0.25) is 4.79 Å². The first-order valence-electron chi connectivity index (χ1n) is 6.60. The summed E-state index contributed by atoms with van der Waals surface area (Å²) in [5, 5.41) is 3.50. The second-order valence-corrected chi connectivity index (χ2v) is 5.16. The lowest BCUT2D eigenvalue weighted by Crippen LogP contribution is -2.64. The van der Waals surface area contributed by atoms with Crippen LogP contribution in [0.1, 0.15) is 30.8 Å². The number of amides is 1. The minimum absolute atomic E-state index is 0.0180. The minimum Gasteiger partial charge on any atom is -0.376 e. The summed E-state index contributed by atoms with van der Waals surface area (Å²) >= 11 is 5.93. The molecule has 1 amide bonds. The van der Waals surface area contributed by atoms with Crippen LogP contribution in [-0.4, -0.2) is 35.3 Å². The SMILES string of the molecule is CCOC1CC(N)C1NC(=O)c1cc(Cl)cn1CC. The first kappa shape index (κ1) is 14.4. The topological polar surface area (TPSA) is 69.3 Å². The van der Waals surface area contributed by atoms with Gasteiger partial charge in [-0.25, -0.2) is 0 Å². The maximum Gasteiger partial charge on any atom is 0.268 e. The van der Waals surface area contributed by atoms with Crippen LogP contribution in [-0.2, 0) is 11.3 Å². The predicted octanol–water partition coefficient (Wildman–Crippen LogP) is 1.40. The van der Waals surface area contributed by atoms with Crippen molar-refractivity contribution in [2.75, 3.05) is 6.61 Å². The van der Waals surface area contributed by atoms with Gasteiger partial charge in [0.1, 0.15) is 5.69 Å². The van der Waals surface area contributed by atoms with Crippen LogP contribution in [0.3, 0.4) is 0 Å². The molecule has 1 aliphatic carbocycles. The normalized spacial score (nSPS) is 26.0. The molecule has 0 spiro atoms. The van der Waals surface area contributed by atoms with Crippen LogP contribution in [0.2, 0.25) is 5.02 Å². The summed E-state index contributed by atoms with van der Waals surface area (Å²) in [5.74, 6) is -0.154. The Morgan fingerprint density at radius 2 is 2.37 bits per heavy atom. The van der Waals surface area contributed by atoms with Crippen LogP contribution in [0.25, 0.3) is 0 Å². The second kappa shape index (κ2) is 5.94. The summed E-state index contributed by atoms with van der Waals surface area (Å²) in [6.45, 7) is 5.22. The molecular weight excluding hydrogens is 266 g/mol. The number of nitrogens with zero attached hydrogens (tertiary/aromatic N) is 1. The van der Waals surface area contributed by atoms with Crippen molar-refractivity contribution in [1.29, 1.82) is 0 Å². The molecule has 19 heavy (non-hydrogen) atoms. The van der Waals surface area contributed by atoms with Gasteiger partial charge in [0, 0.05) is 25.4 Å². The lowest BCUT2D eigenvalue weighted by molar-refractivity contribution is -0.0301. The lowest BCUT2D eigenvalue weighted by atomic mass is 9.83. The van der Waals surface area contributed by atoms with E-state index in [9.17, 15) is 4.79 Å². The summed E-state index contributed by atoms with van der Waals surface area (Å²) in [7, 11) is 0. The molecule has 1 fully saturated rings. The van der Waals surface area contributed by atoms with Crippen molar-refractivity contribution in [3.05, 3.63) is 23.0 Å². The number of aromatic nitrogens is 1. The van der Waals surface area contributed by atoms with Gasteiger partial charge >= 0.3 is 0 Å². The number of rotatable bonds is 5. The largest absolute Gasteiger partial charge is 0.376 e. The summed E-state index contributed by atoms with van der Waals surface area (Å²) in [4.78, 5) is 12.2. The van der Waals surface area contributed by atoms with Crippen LogP contribution >= 0.6 is 11.6 Å². The maximum absolute atomic E-state index is 12.2. The highest BCUT2D eigenvalue weighted by atomic mass is 35.5. The molecule has 1 aromatic rings. The van der Waals surface area contributed by atoms with Crippen molar-refractivity contribution in [1.82, 2.24) is 9.88 Å². The van der Waals surface area contributed by atoms with Crippen molar-refractivity contribution in [3.8, 4) is 0 Å². The molecule has 5 nitrogen and oxygen atoms in total. The van der Waals surface area contributed by atoms with Crippen LogP contribution in [0.5, 0.6) is 0 Å². The fourth-order valence-corrected chi connectivity index (χ4v) is 2.60. The van der Waals surface area contributed by atoms with E-state index in [1.54, 1.807) is 12.3 Å². The molecule has 1 aliphatic rings. The van der Waals surface area contributed by atoms with Crippen molar-refractivity contribution in [2.24, 2.45) is 5.73 Å². The van der Waals surface area contributed by atoms with Gasteiger partial charge in [-0.1, -0.05) is 11.6 Å². The van der Waals surface area contributed by atoms with Crippen molar-refractivity contribution >= 4 is 17.5 Å². The number of aryl methyl sites for hydroxylation is 1. The zero-order valence-corrected chi connectivity index (χ0v) is 12.0. The minimum atomic E-state index is -0.154. The molecule has 3 N–H and O–H groups in total. The third-order valence-corrected chi connectivity index (χ3v) is 3.69. The van der Waals surface area contributed by atoms with Crippen molar-refractivity contribution < 1.29 is 9.53 Å². The standard InChI is InChI=1S/C13H20ClN3O2/c1-3-17-7-8(14)5-10(17)13(18)16-12-9(15)6-11(12)19-4-2/h5,7,9,11-12H,3-4,6,15H2,1-2H3,(H,16,18). The lowest BCUT2D eigenvalue weighted by Gasteiger charge is -2.42. The van der Waals surface area contributed by atoms with Crippen LogP contribution in [0.4, 0.5) is 0 Å². The Kier molecular flexibility index (Phi) is 4.50. The van der Waals surface area contributed by atoms with Crippen LogP contribution in [0, 0.1) is 0 Å². The van der Waals surface area contributed by atoms with Gasteiger partial charge in [-0.05, 0) is 26.3 Å². The van der Waals surface area contributed by atoms with Crippen LogP contribution < -0.4 is 11.1 Å². The Labute approximate surface area is 118 Å². The highest BCUT2D eigenvalue weighted by Crippen LogP contribution is 2.23. The smallest absolute Gasteiger partial charge is 0.268 e. The van der Waals surface area contributed by atoms with Gasteiger partial charge in [0.2, 0.25) is 0 Å². The van der Waals surface area contributed by atoms with Gasteiger partial charge in [0.05, 0.1) is 17.2 Å². The Morgan fingerprint density at radius 1 is 1.63 bits per heavy atom. The molecule has 0 aliphatic heterocycles. The fourth-order valence-electron chi connectivity index (χ4n) is 2.38. The van der Waals surface area contributed by atoms with E-state index < -0.39 is 0 Å². The average Bonchev–Trinajstić information content (AvgIpc) is 2.77. The van der Waals surface area contributed by atoms with E-state index in [4.69, 9.17) is 22.1 Å². The first-order chi connectivity index (χ1) is 9.06. The Hall–Kier alpha value is -1.04. The second-order valence-electron chi connectivity index (χ2n) is 4.72. The molecule has 0 bridgehead atoms. The highest BCUT2D eigenvalue weighted by molar-refractivity contribution is 6.31. The van der Waals surface area contributed by atoms with E-state index in [2.05, 4.69) is 5.32 Å². The number of nitrogens with one attached hydrogen (secondary N) is 1. The maximum atomic E-state index is 12.2. The number of nitrogens with two attached hydrogens (primary N) is 1. The molecule has 0 saturated heterocycles. The predicted molar refractivity (Wildman–Crippen MR) is 74.4 cm³/mol. The van der Waals surface area contributed by atoms with Gasteiger partial charge in [-0.2, -0.15) is 0 Å². The number of hydrogen-bond acceptors (Lipinski definition) is 3. The molecule has 0 radical (unpaired) electrons. The van der Waals surface area contributed by atoms with Gasteiger partial charge in [0.25, 0.3) is 5.91 Å². The fraction of sp³-hybridized carbons (Fsp3) is 0.615. The average molecular weight is 286 g/mol. The third kappa shape index (κ3) is 2.94. The number of hydrogen-bond donors (Lipinski definition) is 2. The Bertz CT molecular complexity index is 459. The van der Waals surface area contributed by atoms with Crippen molar-refractivity contribution in [2.45, 2.75) is 45.0 Å². The van der Waals surface area contributed by atoms with E-state index in [1.807, 2.05) is 18.4 Å². The Balaban J connectivity index is 2.04. The number of ether oxygens (including phenoxy) is 1. The van der Waals surface area contributed by atoms with E-state index in [0.29, 0.717) is 23.9 Å². The molecule has 3 unspecified atom stereocenters. The number of carbonyl (C=O) groups excluding carboxylic acids is 1. The van der Waals surface area contributed by atoms with E-state index in [-0.39, 0.29) is 24.1 Å². The summed E-state index contributed by atoms with van der Waals surface area (Å²) in [6.07, 6.45) is 2.55. The van der Waals surface area contributed by atoms with Crippen LogP contribution in [0.15, 0.2) is 12.3 Å². The summed E-state index contributed by atoms with van der Waals surface area (Å²) < 4.78 is 7.35. The summed E-state index contributed by atoms with van der Waals surface area (Å²) in [6, 6.07) is 1.51. The zero-order chi connectivity index (χ0) is 14.0. The van der Waals surface area contributed by atoms with Gasteiger partial charge in [0.15, 0.2) is 0 Å². The van der Waals surface area contributed by atoms with Gasteiger partial charge in [-0.15, -0.1) is 0 Å². The molecule has 1 saturated carbocycles. The number of carbonyl (C=O) groups is 1. The molecule has 106 valence electrons.